The molecule has 1 aromatic heterocycles. The van der Waals surface area contributed by atoms with Crippen LogP contribution in [0.5, 0.6) is 0 Å². The molecule has 6 heteroatoms. The van der Waals surface area contributed by atoms with E-state index in [1.54, 1.807) is 20.8 Å². The van der Waals surface area contributed by atoms with E-state index >= 15 is 0 Å². The van der Waals surface area contributed by atoms with Gasteiger partial charge >= 0.3 is 0 Å². The first kappa shape index (κ1) is 7.28. The molecule has 1 aromatic rings. The van der Waals surface area contributed by atoms with Crippen molar-refractivity contribution in [3.8, 4) is 0 Å². The average molecular weight is 218 g/mol. The maximum atomic E-state index is 11.9. The molecule has 0 atom stereocenters. The predicted octanol–water partition coefficient (Wildman–Crippen LogP) is 0.371. The molecule has 5 nitrogen and oxygen atoms in total. The van der Waals surface area contributed by atoms with E-state index in [-0.39, 0.29) is 10.9 Å². The van der Waals surface area contributed by atoms with Crippen LogP contribution < -0.4 is 11.4 Å². The van der Waals surface area contributed by atoms with Gasteiger partial charge in [-0.1, -0.05) is 32.5 Å². The Morgan fingerprint density at radius 2 is 2.14 bits per heavy atom. The summed E-state index contributed by atoms with van der Waals surface area (Å²) in [5.74, 6) is 5.52. The first-order valence-corrected chi connectivity index (χ1v) is 4.78. The Bertz CT molecular complexity index is 477. The lowest BCUT2D eigenvalue weighted by atomic mass is 9.93. The maximum absolute atomic E-state index is 11.9. The second-order valence-corrected chi connectivity index (χ2v) is 4.43. The van der Waals surface area contributed by atoms with Gasteiger partial charge in [0.25, 0.3) is 5.56 Å². The van der Waals surface area contributed by atoms with Crippen LogP contribution in [0.25, 0.3) is 0 Å². The van der Waals surface area contributed by atoms with E-state index in [1.807, 2.05) is 0 Å². The normalized spacial score (nSPS) is 15.8. The van der Waals surface area contributed by atoms with E-state index in [1.165, 1.54) is 0 Å². The van der Waals surface area contributed by atoms with Crippen molar-refractivity contribution in [2.45, 2.75) is 31.3 Å². The zero-order valence-electron chi connectivity index (χ0n) is 11.2. The highest BCUT2D eigenvalue weighted by Crippen LogP contribution is 2.16. The van der Waals surface area contributed by atoms with Crippen molar-refractivity contribution in [2.24, 2.45) is 0 Å². The Labute approximate surface area is 90.9 Å². The van der Waals surface area contributed by atoms with Crippen LogP contribution in [0.1, 0.15) is 30.6 Å². The first-order chi connectivity index (χ1) is 7.52. The van der Waals surface area contributed by atoms with E-state index < -0.39 is 17.2 Å². The van der Waals surface area contributed by atoms with Gasteiger partial charge in [0, 0.05) is 9.53 Å². The van der Waals surface area contributed by atoms with E-state index in [0.717, 1.165) is 4.68 Å². The molecule has 1 heterocycles. The van der Waals surface area contributed by atoms with Gasteiger partial charge in [-0.15, -0.1) is 10.2 Å². The molecule has 78 valence electrons. The smallest absolute Gasteiger partial charge is 0.295 e. The molecule has 0 aromatic carbocycles. The highest BCUT2D eigenvalue weighted by molar-refractivity contribution is 7.98. The van der Waals surface area contributed by atoms with E-state index in [0.29, 0.717) is 11.8 Å². The van der Waals surface area contributed by atoms with Crippen LogP contribution in [0.4, 0.5) is 0 Å². The maximum Gasteiger partial charge on any atom is 0.295 e. The molecule has 0 saturated heterocycles. The number of thioether (sulfide) groups is 1. The number of rotatable bonds is 1. The second kappa shape index (κ2) is 3.61. The third-order valence-corrected chi connectivity index (χ3v) is 2.13. The van der Waals surface area contributed by atoms with Gasteiger partial charge < -0.3 is 5.84 Å². The lowest BCUT2D eigenvalue weighted by Crippen LogP contribution is -2.37. The van der Waals surface area contributed by atoms with Crippen LogP contribution in [0.2, 0.25) is 0 Å². The summed E-state index contributed by atoms with van der Waals surface area (Å²) in [5.41, 5.74) is -0.817. The monoisotopic (exact) mass is 218 g/mol. The summed E-state index contributed by atoms with van der Waals surface area (Å²) in [6.07, 6.45) is -2.31. The highest BCUT2D eigenvalue weighted by atomic mass is 32.2. The van der Waals surface area contributed by atoms with Gasteiger partial charge in [0.1, 0.15) is 5.69 Å². The molecule has 14 heavy (non-hydrogen) atoms. The molecule has 0 radical (unpaired) electrons. The molecular formula is C8H14N4OS. The SMILES string of the molecule is [2H][13C]([2H])([2H])Sc1nnc(C(C)(C)C)c(=O)n1N. The Morgan fingerprint density at radius 3 is 2.64 bits per heavy atom. The second-order valence-electron chi connectivity index (χ2n) is 3.86. The van der Waals surface area contributed by atoms with Gasteiger partial charge in [0.2, 0.25) is 5.16 Å². The molecule has 0 unspecified atom stereocenters. The Morgan fingerprint density at radius 1 is 1.50 bits per heavy atom. The van der Waals surface area contributed by atoms with Crippen molar-refractivity contribution in [3.05, 3.63) is 16.0 Å². The molecule has 0 saturated carbocycles. The van der Waals surface area contributed by atoms with Crippen molar-refractivity contribution < 1.29 is 4.11 Å². The molecule has 0 aliphatic carbocycles. The van der Waals surface area contributed by atoms with Crippen LogP contribution in [0.15, 0.2) is 9.95 Å². The minimum Gasteiger partial charge on any atom is -0.334 e. The van der Waals surface area contributed by atoms with Crippen molar-refractivity contribution in [2.75, 3.05) is 12.0 Å². The number of nitrogens with two attached hydrogens (primary N) is 1. The largest absolute Gasteiger partial charge is 0.334 e. The summed E-state index contributed by atoms with van der Waals surface area (Å²) >= 11 is 0.425. The standard InChI is InChI=1S/C8H14N4OS/c1-8(2,3)5-6(13)12(9)7(14-4)11-10-5/h9H2,1-4H3/i4+1D3. The molecule has 0 amide bonds. The number of nitrogen functional groups attached to an aromatic ring is 1. The molecule has 1 rings (SSSR count). The fourth-order valence-electron chi connectivity index (χ4n) is 0.925. The Kier molecular flexibility index (Phi) is 1.87. The van der Waals surface area contributed by atoms with Gasteiger partial charge in [-0.3, -0.25) is 4.79 Å². The third kappa shape index (κ3) is 1.89. The number of hydrogen-bond donors (Lipinski definition) is 1. The minimum absolute atomic E-state index is 0.122. The Balaban J connectivity index is 3.26. The highest BCUT2D eigenvalue weighted by Gasteiger charge is 2.22. The molecule has 0 aliphatic heterocycles. The molecule has 0 fully saturated rings. The lowest BCUT2D eigenvalue weighted by Gasteiger charge is -2.16. The van der Waals surface area contributed by atoms with Gasteiger partial charge in [-0.25, -0.2) is 0 Å². The summed E-state index contributed by atoms with van der Waals surface area (Å²) in [4.78, 5) is 11.9. The van der Waals surface area contributed by atoms with Crippen molar-refractivity contribution in [1.82, 2.24) is 14.9 Å². The molecule has 2 N–H and O–H groups in total. The third-order valence-electron chi connectivity index (χ3n) is 1.66. The zero-order chi connectivity index (χ0) is 13.4. The average Bonchev–Trinajstić information content (AvgIpc) is 2.08. The van der Waals surface area contributed by atoms with E-state index in [2.05, 4.69) is 10.2 Å². The molecule has 0 aliphatic rings. The lowest BCUT2D eigenvalue weighted by molar-refractivity contribution is 0.520. The minimum atomic E-state index is -2.31. The van der Waals surface area contributed by atoms with Gasteiger partial charge in [-0.2, -0.15) is 4.68 Å². The van der Waals surface area contributed by atoms with E-state index in [4.69, 9.17) is 9.95 Å². The summed E-state index contributed by atoms with van der Waals surface area (Å²) < 4.78 is 21.9. The van der Waals surface area contributed by atoms with Crippen LogP contribution in [0.3, 0.4) is 0 Å². The van der Waals surface area contributed by atoms with Crippen LogP contribution >= 0.6 is 11.8 Å². The first-order valence-electron chi connectivity index (χ1n) is 5.46. The number of aromatic nitrogens is 3. The summed E-state index contributed by atoms with van der Waals surface area (Å²) in [5, 5.41) is 7.32. The summed E-state index contributed by atoms with van der Waals surface area (Å²) in [6, 6.07) is 0. The fraction of sp³-hybridized carbons (Fsp3) is 0.625. The molecule has 0 bridgehead atoms. The number of nitrogens with zero attached hydrogens (tertiary/aromatic N) is 3. The van der Waals surface area contributed by atoms with Gasteiger partial charge in [0.05, 0.1) is 0 Å². The molecular weight excluding hydrogens is 201 g/mol. The van der Waals surface area contributed by atoms with E-state index in [9.17, 15) is 4.79 Å². The number of hydrogen-bond acceptors (Lipinski definition) is 5. The zero-order valence-corrected chi connectivity index (χ0v) is 9.05. The van der Waals surface area contributed by atoms with Crippen LogP contribution in [0, 0.1) is 0 Å². The fourth-order valence-corrected chi connectivity index (χ4v) is 1.19. The quantitative estimate of drug-likeness (QED) is 0.419. The summed E-state index contributed by atoms with van der Waals surface area (Å²) in [7, 11) is 0. The van der Waals surface area contributed by atoms with Gasteiger partial charge in [0.15, 0.2) is 0 Å². The van der Waals surface area contributed by atoms with Gasteiger partial charge in [-0.05, 0) is 6.18 Å². The molecule has 0 spiro atoms. The topological polar surface area (TPSA) is 73.8 Å². The van der Waals surface area contributed by atoms with Crippen LogP contribution in [-0.2, 0) is 5.41 Å². The van der Waals surface area contributed by atoms with Crippen LogP contribution in [-0.4, -0.2) is 21.1 Å². The van der Waals surface area contributed by atoms with Crippen molar-refractivity contribution in [1.29, 1.82) is 0 Å². The predicted molar refractivity (Wildman–Crippen MR) is 56.9 cm³/mol. The van der Waals surface area contributed by atoms with Crippen molar-refractivity contribution >= 4 is 11.8 Å². The van der Waals surface area contributed by atoms with Crippen molar-refractivity contribution in [3.63, 3.8) is 0 Å². The Hall–Kier alpha value is -1.04. The summed E-state index contributed by atoms with van der Waals surface area (Å²) in [6.45, 7) is 5.40.